The summed E-state index contributed by atoms with van der Waals surface area (Å²) in [6, 6.07) is 13.4. The summed E-state index contributed by atoms with van der Waals surface area (Å²) in [5.41, 5.74) is 1.40. The van der Waals surface area contributed by atoms with Crippen molar-refractivity contribution in [2.75, 3.05) is 36.5 Å². The Kier molecular flexibility index (Phi) is 4.50. The minimum atomic E-state index is -0.208. The van der Waals surface area contributed by atoms with Crippen molar-refractivity contribution < 1.29 is 9.53 Å². The number of aryl methyl sites for hydroxylation is 1. The van der Waals surface area contributed by atoms with E-state index in [1.807, 2.05) is 43.3 Å². The Hall–Kier alpha value is -2.99. The molecule has 4 rings (SSSR count). The van der Waals surface area contributed by atoms with E-state index >= 15 is 0 Å². The van der Waals surface area contributed by atoms with E-state index in [2.05, 4.69) is 20.2 Å². The molecule has 0 unspecified atom stereocenters. The highest BCUT2D eigenvalue weighted by molar-refractivity contribution is 6.14. The smallest absolute Gasteiger partial charge is 0.259 e. The molecule has 132 valence electrons. The molecule has 0 bridgehead atoms. The predicted molar refractivity (Wildman–Crippen MR) is 102 cm³/mol. The highest BCUT2D eigenvalue weighted by Crippen LogP contribution is 2.28. The number of carbonyl (C=O) groups is 1. The van der Waals surface area contributed by atoms with Gasteiger partial charge in [0.25, 0.3) is 5.91 Å². The average molecular weight is 348 g/mol. The van der Waals surface area contributed by atoms with Crippen molar-refractivity contribution in [2.45, 2.75) is 6.92 Å². The topological polar surface area (TPSA) is 67.4 Å². The Balaban J connectivity index is 1.70. The van der Waals surface area contributed by atoms with E-state index in [9.17, 15) is 4.79 Å². The van der Waals surface area contributed by atoms with Crippen molar-refractivity contribution in [3.63, 3.8) is 0 Å². The summed E-state index contributed by atoms with van der Waals surface area (Å²) in [4.78, 5) is 23.9. The van der Waals surface area contributed by atoms with Crippen molar-refractivity contribution >= 4 is 28.3 Å². The zero-order valence-corrected chi connectivity index (χ0v) is 14.6. The first-order valence-corrected chi connectivity index (χ1v) is 8.68. The standard InChI is InChI=1S/C20H20N4O2/c1-14-5-4-8-18(22-14)23-20(25)17-13-21-19(24-9-11-26-12-10-24)16-7-3-2-6-15(16)17/h2-8,13H,9-12H2,1H3,(H,22,23,25). The molecule has 1 fully saturated rings. The normalized spacial score (nSPS) is 14.4. The highest BCUT2D eigenvalue weighted by atomic mass is 16.5. The Labute approximate surface area is 151 Å². The number of fused-ring (bicyclic) bond motifs is 1. The van der Waals surface area contributed by atoms with E-state index in [1.54, 1.807) is 12.3 Å². The fraction of sp³-hybridized carbons (Fsp3) is 0.250. The number of anilines is 2. The molecule has 1 aliphatic rings. The van der Waals surface area contributed by atoms with Crippen LogP contribution in [0.15, 0.2) is 48.7 Å². The number of amides is 1. The maximum absolute atomic E-state index is 12.8. The molecule has 1 saturated heterocycles. The maximum atomic E-state index is 12.8. The van der Waals surface area contributed by atoms with E-state index in [4.69, 9.17) is 4.74 Å². The van der Waals surface area contributed by atoms with Crippen molar-refractivity contribution in [3.8, 4) is 0 Å². The molecule has 3 heterocycles. The lowest BCUT2D eigenvalue weighted by atomic mass is 10.1. The lowest BCUT2D eigenvalue weighted by molar-refractivity contribution is 0.102. The molecule has 2 aromatic heterocycles. The first-order valence-electron chi connectivity index (χ1n) is 8.68. The van der Waals surface area contributed by atoms with E-state index in [1.165, 1.54) is 0 Å². The van der Waals surface area contributed by atoms with Gasteiger partial charge in [-0.3, -0.25) is 4.79 Å². The predicted octanol–water partition coefficient (Wildman–Crippen LogP) is 3.03. The van der Waals surface area contributed by atoms with Crippen LogP contribution in [0.1, 0.15) is 16.1 Å². The summed E-state index contributed by atoms with van der Waals surface area (Å²) in [6.45, 7) is 4.88. The monoisotopic (exact) mass is 348 g/mol. The maximum Gasteiger partial charge on any atom is 0.259 e. The third kappa shape index (κ3) is 3.23. The van der Waals surface area contributed by atoms with E-state index in [0.717, 1.165) is 35.4 Å². The summed E-state index contributed by atoms with van der Waals surface area (Å²) < 4.78 is 5.43. The van der Waals surface area contributed by atoms with Crippen LogP contribution in [0.5, 0.6) is 0 Å². The van der Waals surface area contributed by atoms with Gasteiger partial charge in [0.15, 0.2) is 0 Å². The molecule has 1 aromatic carbocycles. The molecule has 6 nitrogen and oxygen atoms in total. The number of ether oxygens (including phenoxy) is 1. The van der Waals surface area contributed by atoms with Gasteiger partial charge in [0.1, 0.15) is 11.6 Å². The largest absolute Gasteiger partial charge is 0.378 e. The molecule has 3 aromatic rings. The highest BCUT2D eigenvalue weighted by Gasteiger charge is 2.19. The molecule has 0 saturated carbocycles. The zero-order chi connectivity index (χ0) is 17.9. The van der Waals surface area contributed by atoms with Crippen molar-refractivity contribution in [3.05, 3.63) is 59.9 Å². The Bertz CT molecular complexity index is 951. The van der Waals surface area contributed by atoms with Crippen LogP contribution in [-0.4, -0.2) is 42.2 Å². The van der Waals surface area contributed by atoms with Gasteiger partial charge in [0.2, 0.25) is 0 Å². The molecule has 1 amide bonds. The second-order valence-corrected chi connectivity index (χ2v) is 6.26. The third-order valence-electron chi connectivity index (χ3n) is 4.46. The number of hydrogen-bond acceptors (Lipinski definition) is 5. The molecule has 0 spiro atoms. The number of morpholine rings is 1. The second-order valence-electron chi connectivity index (χ2n) is 6.26. The summed E-state index contributed by atoms with van der Waals surface area (Å²) in [5.74, 6) is 1.23. The van der Waals surface area contributed by atoms with Gasteiger partial charge in [-0.05, 0) is 24.4 Å². The number of pyridine rings is 2. The van der Waals surface area contributed by atoms with Crippen LogP contribution in [0.25, 0.3) is 10.8 Å². The van der Waals surface area contributed by atoms with E-state index in [0.29, 0.717) is 24.6 Å². The van der Waals surface area contributed by atoms with Crippen molar-refractivity contribution in [2.24, 2.45) is 0 Å². The number of aromatic nitrogens is 2. The van der Waals surface area contributed by atoms with E-state index in [-0.39, 0.29) is 5.91 Å². The summed E-state index contributed by atoms with van der Waals surface area (Å²) >= 11 is 0. The Morgan fingerprint density at radius 3 is 2.62 bits per heavy atom. The van der Waals surface area contributed by atoms with Crippen molar-refractivity contribution in [1.29, 1.82) is 0 Å². The Morgan fingerprint density at radius 2 is 1.85 bits per heavy atom. The number of nitrogens with zero attached hydrogens (tertiary/aromatic N) is 3. The number of nitrogens with one attached hydrogen (secondary N) is 1. The van der Waals surface area contributed by atoms with E-state index < -0.39 is 0 Å². The van der Waals surface area contributed by atoms with Gasteiger partial charge < -0.3 is 15.0 Å². The lowest BCUT2D eigenvalue weighted by Crippen LogP contribution is -2.37. The van der Waals surface area contributed by atoms with Crippen LogP contribution in [0.3, 0.4) is 0 Å². The van der Waals surface area contributed by atoms with Gasteiger partial charge in [-0.25, -0.2) is 9.97 Å². The zero-order valence-electron chi connectivity index (χ0n) is 14.6. The fourth-order valence-electron chi connectivity index (χ4n) is 3.18. The third-order valence-corrected chi connectivity index (χ3v) is 4.46. The van der Waals surface area contributed by atoms with Crippen LogP contribution in [0, 0.1) is 6.92 Å². The van der Waals surface area contributed by atoms with Crippen LogP contribution in [-0.2, 0) is 4.74 Å². The molecular formula is C20H20N4O2. The number of benzene rings is 1. The minimum absolute atomic E-state index is 0.208. The Morgan fingerprint density at radius 1 is 1.08 bits per heavy atom. The second kappa shape index (κ2) is 7.09. The molecule has 0 radical (unpaired) electrons. The number of carbonyl (C=O) groups excluding carboxylic acids is 1. The van der Waals surface area contributed by atoms with Crippen LogP contribution >= 0.6 is 0 Å². The lowest BCUT2D eigenvalue weighted by Gasteiger charge is -2.29. The summed E-state index contributed by atoms with van der Waals surface area (Å²) in [6.07, 6.45) is 1.65. The quantitative estimate of drug-likeness (QED) is 0.788. The minimum Gasteiger partial charge on any atom is -0.378 e. The summed E-state index contributed by atoms with van der Waals surface area (Å²) in [5, 5.41) is 4.72. The molecule has 0 atom stereocenters. The fourth-order valence-corrected chi connectivity index (χ4v) is 3.18. The van der Waals surface area contributed by atoms with Crippen LogP contribution in [0.4, 0.5) is 11.6 Å². The first kappa shape index (κ1) is 16.5. The van der Waals surface area contributed by atoms with Gasteiger partial charge in [-0.15, -0.1) is 0 Å². The van der Waals surface area contributed by atoms with Crippen LogP contribution in [0.2, 0.25) is 0 Å². The van der Waals surface area contributed by atoms with Gasteiger partial charge in [0.05, 0.1) is 18.8 Å². The molecule has 1 N–H and O–H groups in total. The number of hydrogen-bond donors (Lipinski definition) is 1. The number of rotatable bonds is 3. The van der Waals surface area contributed by atoms with Gasteiger partial charge in [0, 0.05) is 30.4 Å². The van der Waals surface area contributed by atoms with Gasteiger partial charge in [-0.2, -0.15) is 0 Å². The molecule has 6 heteroatoms. The molecule has 1 aliphatic heterocycles. The van der Waals surface area contributed by atoms with Crippen molar-refractivity contribution in [1.82, 2.24) is 9.97 Å². The van der Waals surface area contributed by atoms with Crippen LogP contribution < -0.4 is 10.2 Å². The first-order chi connectivity index (χ1) is 12.7. The molecular weight excluding hydrogens is 328 g/mol. The van der Waals surface area contributed by atoms with Gasteiger partial charge in [-0.1, -0.05) is 30.3 Å². The SMILES string of the molecule is Cc1cccc(NC(=O)c2cnc(N3CCOCC3)c3ccccc23)n1. The van der Waals surface area contributed by atoms with Gasteiger partial charge >= 0.3 is 0 Å². The summed E-state index contributed by atoms with van der Waals surface area (Å²) in [7, 11) is 0. The molecule has 0 aliphatic carbocycles. The average Bonchev–Trinajstić information content (AvgIpc) is 2.68. The molecule has 26 heavy (non-hydrogen) atoms.